The van der Waals surface area contributed by atoms with Crippen molar-refractivity contribution in [2.45, 2.75) is 58.4 Å². The molecule has 1 aliphatic rings. The van der Waals surface area contributed by atoms with Crippen molar-refractivity contribution in [2.75, 3.05) is 5.73 Å². The lowest BCUT2D eigenvalue weighted by Gasteiger charge is -2.31. The van der Waals surface area contributed by atoms with Gasteiger partial charge < -0.3 is 10.3 Å². The Labute approximate surface area is 208 Å². The lowest BCUT2D eigenvalue weighted by molar-refractivity contribution is 0.0944. The maximum absolute atomic E-state index is 12.9. The molecule has 0 aliphatic heterocycles. The predicted octanol–water partition coefficient (Wildman–Crippen LogP) is 6.04. The standard InChI is InChI=1S/C27H29N5O2S/c1-3-23(33)18-8-9-22-21(15-18)30-26(20-11-12-29-27(28)31-20)32(22)19-6-4-5-17(13-19)14-24(34)25-10-7-16(2)35-25/h7-12,15,17,19H,3-6,13-14H2,1-2H3,(H2,28,29,31)/t17-,19+/m1/s1. The first-order valence-corrected chi connectivity index (χ1v) is 13.0. The Morgan fingerprint density at radius 1 is 1.11 bits per heavy atom. The van der Waals surface area contributed by atoms with Gasteiger partial charge in [-0.2, -0.15) is 0 Å². The number of aromatic nitrogens is 4. The quantitative estimate of drug-likeness (QED) is 0.319. The molecule has 8 heteroatoms. The average Bonchev–Trinajstić information content (AvgIpc) is 3.47. The van der Waals surface area contributed by atoms with Crippen molar-refractivity contribution in [3.8, 4) is 11.5 Å². The number of rotatable bonds is 7. The SMILES string of the molecule is CCC(=O)c1ccc2c(c1)nc(-c1ccnc(N)n1)n2[C@H]1CCC[C@@H](CC(=O)c2ccc(C)s2)C1. The molecule has 2 atom stereocenters. The van der Waals surface area contributed by atoms with Gasteiger partial charge in [-0.1, -0.05) is 13.3 Å². The highest BCUT2D eigenvalue weighted by Gasteiger charge is 2.29. The van der Waals surface area contributed by atoms with Gasteiger partial charge in [-0.3, -0.25) is 9.59 Å². The molecular weight excluding hydrogens is 458 g/mol. The average molecular weight is 488 g/mol. The molecule has 3 aromatic heterocycles. The molecule has 1 saturated carbocycles. The normalized spacial score (nSPS) is 18.1. The minimum atomic E-state index is 0.0920. The molecular formula is C27H29N5O2S. The van der Waals surface area contributed by atoms with Crippen molar-refractivity contribution < 1.29 is 9.59 Å². The highest BCUT2D eigenvalue weighted by molar-refractivity contribution is 7.14. The molecule has 7 nitrogen and oxygen atoms in total. The molecule has 1 fully saturated rings. The van der Waals surface area contributed by atoms with Crippen LogP contribution >= 0.6 is 11.3 Å². The van der Waals surface area contributed by atoms with E-state index >= 15 is 0 Å². The van der Waals surface area contributed by atoms with Crippen LogP contribution in [0.2, 0.25) is 0 Å². The van der Waals surface area contributed by atoms with Crippen LogP contribution in [0.4, 0.5) is 5.95 Å². The fraction of sp³-hybridized carbons (Fsp3) is 0.370. The number of nitrogen functional groups attached to an aromatic ring is 1. The van der Waals surface area contributed by atoms with Crippen molar-refractivity contribution in [1.82, 2.24) is 19.5 Å². The number of nitrogens with zero attached hydrogens (tertiary/aromatic N) is 4. The summed E-state index contributed by atoms with van der Waals surface area (Å²) in [5.74, 6) is 1.55. The van der Waals surface area contributed by atoms with E-state index in [1.54, 1.807) is 17.5 Å². The molecule has 2 N–H and O–H groups in total. The fourth-order valence-corrected chi connectivity index (χ4v) is 5.97. The molecule has 0 saturated heterocycles. The highest BCUT2D eigenvalue weighted by atomic mass is 32.1. The number of hydrogen-bond donors (Lipinski definition) is 1. The molecule has 4 aromatic rings. The van der Waals surface area contributed by atoms with E-state index in [0.717, 1.165) is 52.3 Å². The van der Waals surface area contributed by atoms with Gasteiger partial charge in [0.15, 0.2) is 17.4 Å². The lowest BCUT2D eigenvalue weighted by Crippen LogP contribution is -2.22. The molecule has 1 aliphatic carbocycles. The van der Waals surface area contributed by atoms with E-state index in [2.05, 4.69) is 14.5 Å². The second-order valence-electron chi connectivity index (χ2n) is 9.31. The van der Waals surface area contributed by atoms with Crippen LogP contribution in [0.15, 0.2) is 42.6 Å². The summed E-state index contributed by atoms with van der Waals surface area (Å²) in [6.45, 7) is 3.89. The maximum Gasteiger partial charge on any atom is 0.220 e. The largest absolute Gasteiger partial charge is 0.368 e. The van der Waals surface area contributed by atoms with Crippen LogP contribution in [0.1, 0.15) is 76.4 Å². The number of carbonyl (C=O) groups is 2. The first kappa shape index (κ1) is 23.4. The Hall–Kier alpha value is -3.39. The summed E-state index contributed by atoms with van der Waals surface area (Å²) in [6, 6.07) is 11.7. The second kappa shape index (κ2) is 9.70. The predicted molar refractivity (Wildman–Crippen MR) is 139 cm³/mol. The molecule has 0 bridgehead atoms. The first-order chi connectivity index (χ1) is 16.9. The van der Waals surface area contributed by atoms with Gasteiger partial charge in [0.25, 0.3) is 0 Å². The number of benzene rings is 1. The summed E-state index contributed by atoms with van der Waals surface area (Å²) in [7, 11) is 0. The summed E-state index contributed by atoms with van der Waals surface area (Å²) >= 11 is 1.57. The van der Waals surface area contributed by atoms with E-state index in [-0.39, 0.29) is 23.6 Å². The highest BCUT2D eigenvalue weighted by Crippen LogP contribution is 2.40. The number of ketones is 2. The summed E-state index contributed by atoms with van der Waals surface area (Å²) in [4.78, 5) is 40.6. The van der Waals surface area contributed by atoms with Crippen molar-refractivity contribution >= 4 is 39.9 Å². The minimum Gasteiger partial charge on any atom is -0.368 e. The zero-order chi connectivity index (χ0) is 24.5. The summed E-state index contributed by atoms with van der Waals surface area (Å²) < 4.78 is 2.24. The molecule has 35 heavy (non-hydrogen) atoms. The smallest absolute Gasteiger partial charge is 0.220 e. The van der Waals surface area contributed by atoms with Crippen molar-refractivity contribution in [2.24, 2.45) is 5.92 Å². The van der Waals surface area contributed by atoms with Gasteiger partial charge in [0.2, 0.25) is 5.95 Å². The van der Waals surface area contributed by atoms with Crippen molar-refractivity contribution in [3.63, 3.8) is 0 Å². The van der Waals surface area contributed by atoms with E-state index in [1.165, 1.54) is 0 Å². The summed E-state index contributed by atoms with van der Waals surface area (Å²) in [5, 5.41) is 0. The van der Waals surface area contributed by atoms with Crippen molar-refractivity contribution in [3.05, 3.63) is 57.9 Å². The van der Waals surface area contributed by atoms with Crippen LogP contribution in [-0.2, 0) is 0 Å². The molecule has 5 rings (SSSR count). The third kappa shape index (κ3) is 4.75. The first-order valence-electron chi connectivity index (χ1n) is 12.2. The van der Waals surface area contributed by atoms with Gasteiger partial charge in [0, 0.05) is 35.5 Å². The number of imidazole rings is 1. The zero-order valence-corrected chi connectivity index (χ0v) is 20.8. The fourth-order valence-electron chi connectivity index (χ4n) is 5.15. The van der Waals surface area contributed by atoms with Crippen molar-refractivity contribution in [1.29, 1.82) is 0 Å². The van der Waals surface area contributed by atoms with Gasteiger partial charge >= 0.3 is 0 Å². The Bertz CT molecular complexity index is 1410. The molecule has 180 valence electrons. The maximum atomic E-state index is 12.9. The van der Waals surface area contributed by atoms with Gasteiger partial charge in [0.1, 0.15) is 5.69 Å². The number of hydrogen-bond acceptors (Lipinski definition) is 7. The number of Topliss-reactive ketones (excluding diaryl/α,β-unsaturated/α-hetero) is 2. The molecule has 0 unspecified atom stereocenters. The van der Waals surface area contributed by atoms with E-state index < -0.39 is 0 Å². The Morgan fingerprint density at radius 2 is 1.97 bits per heavy atom. The van der Waals surface area contributed by atoms with Crippen LogP contribution in [-0.4, -0.2) is 31.1 Å². The minimum absolute atomic E-state index is 0.0920. The van der Waals surface area contributed by atoms with Crippen LogP contribution in [0.3, 0.4) is 0 Å². The summed E-state index contributed by atoms with van der Waals surface area (Å²) in [5.41, 5.74) is 8.95. The molecule has 3 heterocycles. The van der Waals surface area contributed by atoms with Gasteiger partial charge in [-0.05, 0) is 68.5 Å². The van der Waals surface area contributed by atoms with Crippen LogP contribution in [0.25, 0.3) is 22.6 Å². The van der Waals surface area contributed by atoms with Crippen LogP contribution in [0, 0.1) is 12.8 Å². The molecule has 1 aromatic carbocycles. The van der Waals surface area contributed by atoms with Crippen LogP contribution < -0.4 is 5.73 Å². The Kier molecular flexibility index (Phi) is 6.47. The molecule has 0 amide bonds. The van der Waals surface area contributed by atoms with Crippen LogP contribution in [0.5, 0.6) is 0 Å². The Morgan fingerprint density at radius 3 is 2.71 bits per heavy atom. The van der Waals surface area contributed by atoms with E-state index in [1.807, 2.05) is 50.2 Å². The monoisotopic (exact) mass is 487 g/mol. The van der Waals surface area contributed by atoms with E-state index in [4.69, 9.17) is 10.7 Å². The zero-order valence-electron chi connectivity index (χ0n) is 20.0. The summed E-state index contributed by atoms with van der Waals surface area (Å²) in [6.07, 6.45) is 6.63. The lowest BCUT2D eigenvalue weighted by atomic mass is 9.82. The third-order valence-corrected chi connectivity index (χ3v) is 7.89. The van der Waals surface area contributed by atoms with Gasteiger partial charge in [0.05, 0.1) is 15.9 Å². The van der Waals surface area contributed by atoms with Gasteiger partial charge in [-0.25, -0.2) is 15.0 Å². The molecule has 0 spiro atoms. The van der Waals surface area contributed by atoms with Gasteiger partial charge in [-0.15, -0.1) is 11.3 Å². The molecule has 0 radical (unpaired) electrons. The Balaban J connectivity index is 1.51. The van der Waals surface area contributed by atoms with E-state index in [9.17, 15) is 9.59 Å². The number of thiophene rings is 1. The second-order valence-corrected chi connectivity index (χ2v) is 10.6. The number of nitrogens with two attached hydrogens (primary N) is 1. The number of fused-ring (bicyclic) bond motifs is 1. The number of carbonyl (C=O) groups excluding carboxylic acids is 2. The third-order valence-electron chi connectivity index (χ3n) is 6.85. The topological polar surface area (TPSA) is 104 Å². The number of anilines is 1. The number of aryl methyl sites for hydroxylation is 1. The van der Waals surface area contributed by atoms with E-state index in [0.29, 0.717) is 30.0 Å².